The molecule has 25 heavy (non-hydrogen) atoms. The molecule has 0 saturated heterocycles. The van der Waals surface area contributed by atoms with Crippen LogP contribution < -0.4 is 17.0 Å². The fraction of sp³-hybridized carbons (Fsp3) is 0.913. The van der Waals surface area contributed by atoms with Crippen LogP contribution in [0.2, 0.25) is 0 Å². The molecule has 0 unspecified atom stereocenters. The Bertz CT molecular complexity index is 257. The molecule has 0 fully saturated rings. The van der Waals surface area contributed by atoms with Gasteiger partial charge in [-0.25, -0.2) is 0 Å². The summed E-state index contributed by atoms with van der Waals surface area (Å²) in [4.78, 5) is 0. The molecule has 2 heteroatoms. The van der Waals surface area contributed by atoms with E-state index in [2.05, 4.69) is 33.4 Å². The fourth-order valence-electron chi connectivity index (χ4n) is 3.80. The molecule has 152 valence electrons. The van der Waals surface area contributed by atoms with Gasteiger partial charge >= 0.3 is 0 Å². The summed E-state index contributed by atoms with van der Waals surface area (Å²) in [5.74, 6) is 0. The smallest absolute Gasteiger partial charge is 0.0971 e. The van der Waals surface area contributed by atoms with E-state index in [9.17, 15) is 0 Å². The van der Waals surface area contributed by atoms with Gasteiger partial charge < -0.3 is 21.5 Å². The van der Waals surface area contributed by atoms with Gasteiger partial charge in [0.25, 0.3) is 0 Å². The van der Waals surface area contributed by atoms with Crippen molar-refractivity contribution in [2.75, 3.05) is 26.2 Å². The first-order valence-corrected chi connectivity index (χ1v) is 11.2. The van der Waals surface area contributed by atoms with E-state index in [1.807, 2.05) is 0 Å². The summed E-state index contributed by atoms with van der Waals surface area (Å²) in [6, 6.07) is 0. The van der Waals surface area contributed by atoms with E-state index in [-0.39, 0.29) is 17.0 Å². The number of nitrogens with zero attached hydrogens (tertiary/aromatic N) is 1. The zero-order chi connectivity index (χ0) is 17.9. The maximum Gasteiger partial charge on any atom is 0.0971 e. The molecule has 0 aromatic rings. The summed E-state index contributed by atoms with van der Waals surface area (Å²) in [6.07, 6.45) is 21.9. The molecule has 0 aliphatic carbocycles. The van der Waals surface area contributed by atoms with Crippen LogP contribution in [0.1, 0.15) is 111 Å². The predicted octanol–water partition coefficient (Wildman–Crippen LogP) is 4.51. The summed E-state index contributed by atoms with van der Waals surface area (Å²) in [6.45, 7) is 16.3. The lowest BCUT2D eigenvalue weighted by Gasteiger charge is -2.38. The van der Waals surface area contributed by atoms with Crippen LogP contribution in [0.15, 0.2) is 12.7 Å². The molecule has 1 nitrogen and oxygen atoms in total. The van der Waals surface area contributed by atoms with E-state index in [0.29, 0.717) is 0 Å². The molecule has 0 saturated carbocycles. The Hall–Kier alpha value is 0.180. The second-order valence-electron chi connectivity index (χ2n) is 7.87. The Labute approximate surface area is 171 Å². The summed E-state index contributed by atoms with van der Waals surface area (Å²) in [5, 5.41) is 0. The lowest BCUT2D eigenvalue weighted by molar-refractivity contribution is -0.923. The van der Waals surface area contributed by atoms with Gasteiger partial charge in [0, 0.05) is 0 Å². The van der Waals surface area contributed by atoms with Crippen molar-refractivity contribution in [2.24, 2.45) is 0 Å². The number of halogens is 1. The Morgan fingerprint density at radius 1 is 0.560 bits per heavy atom. The minimum absolute atomic E-state index is 0. The van der Waals surface area contributed by atoms with Gasteiger partial charge in [0.05, 0.1) is 26.2 Å². The lowest BCUT2D eigenvalue weighted by Crippen LogP contribution is -3.00. The van der Waals surface area contributed by atoms with Crippen molar-refractivity contribution >= 4 is 0 Å². The van der Waals surface area contributed by atoms with Crippen molar-refractivity contribution in [3.63, 3.8) is 0 Å². The highest BCUT2D eigenvalue weighted by atomic mass is 79.9. The van der Waals surface area contributed by atoms with Crippen LogP contribution in [-0.2, 0) is 0 Å². The molecule has 0 aliphatic heterocycles. The normalized spacial score (nSPS) is 11.3. The number of hydrogen-bond acceptors (Lipinski definition) is 0. The van der Waals surface area contributed by atoms with Crippen LogP contribution >= 0.6 is 0 Å². The molecule has 0 atom stereocenters. The Morgan fingerprint density at radius 2 is 0.920 bits per heavy atom. The standard InChI is InChI=1S/C23H48N.BrH/c1-5-9-12-13-14-15-16-17-18-19-23-24(20-8-4,21-10-6-2)22-11-7-3;/h8H,4-7,9-23H2,1-3H3;1H/q+1;/p-1. The Balaban J connectivity index is 0. The monoisotopic (exact) mass is 417 g/mol. The average Bonchev–Trinajstić information content (AvgIpc) is 2.60. The van der Waals surface area contributed by atoms with Gasteiger partial charge in [-0.2, -0.15) is 0 Å². The number of quaternary nitrogens is 1. The first-order valence-electron chi connectivity index (χ1n) is 11.2. The number of rotatable bonds is 19. The quantitative estimate of drug-likeness (QED) is 0.164. The van der Waals surface area contributed by atoms with Crippen LogP contribution in [0.25, 0.3) is 0 Å². The maximum atomic E-state index is 4.05. The Morgan fingerprint density at radius 3 is 1.32 bits per heavy atom. The molecular weight excluding hydrogens is 370 g/mol. The molecule has 0 rings (SSSR count). The highest BCUT2D eigenvalue weighted by molar-refractivity contribution is 4.67. The van der Waals surface area contributed by atoms with Crippen molar-refractivity contribution in [1.82, 2.24) is 0 Å². The topological polar surface area (TPSA) is 0 Å². The average molecular weight is 419 g/mol. The van der Waals surface area contributed by atoms with Crippen LogP contribution in [0, 0.1) is 0 Å². The van der Waals surface area contributed by atoms with Crippen molar-refractivity contribution in [3.05, 3.63) is 12.7 Å². The molecule has 0 aromatic heterocycles. The molecule has 0 radical (unpaired) electrons. The van der Waals surface area contributed by atoms with Gasteiger partial charge in [-0.15, -0.1) is 0 Å². The molecule has 0 amide bonds. The van der Waals surface area contributed by atoms with Crippen molar-refractivity contribution < 1.29 is 21.5 Å². The van der Waals surface area contributed by atoms with Crippen molar-refractivity contribution in [3.8, 4) is 0 Å². The lowest BCUT2D eigenvalue weighted by atomic mass is 10.1. The van der Waals surface area contributed by atoms with Crippen LogP contribution in [0.5, 0.6) is 0 Å². The first-order chi connectivity index (χ1) is 11.7. The number of unbranched alkanes of at least 4 members (excludes halogenated alkanes) is 11. The summed E-state index contributed by atoms with van der Waals surface area (Å²) in [5.41, 5.74) is 0. The first kappa shape index (κ1) is 27.4. The molecule has 0 heterocycles. The minimum atomic E-state index is 0. The highest BCUT2D eigenvalue weighted by Gasteiger charge is 2.24. The zero-order valence-corrected chi connectivity index (χ0v) is 19.4. The van der Waals surface area contributed by atoms with E-state index >= 15 is 0 Å². The van der Waals surface area contributed by atoms with Gasteiger partial charge in [0.15, 0.2) is 0 Å². The molecule has 0 bridgehead atoms. The van der Waals surface area contributed by atoms with E-state index in [1.54, 1.807) is 0 Å². The second-order valence-corrected chi connectivity index (χ2v) is 7.87. The molecule has 0 aromatic carbocycles. The van der Waals surface area contributed by atoms with E-state index in [4.69, 9.17) is 0 Å². The molecule has 0 N–H and O–H groups in total. The van der Waals surface area contributed by atoms with Gasteiger partial charge in [-0.1, -0.05) is 91.6 Å². The highest BCUT2D eigenvalue weighted by Crippen LogP contribution is 2.17. The van der Waals surface area contributed by atoms with E-state index in [1.165, 1.54) is 121 Å². The minimum Gasteiger partial charge on any atom is -1.00 e. The maximum absolute atomic E-state index is 4.05. The van der Waals surface area contributed by atoms with Crippen LogP contribution in [0.4, 0.5) is 0 Å². The summed E-state index contributed by atoms with van der Waals surface area (Å²) in [7, 11) is 0. The fourth-order valence-corrected chi connectivity index (χ4v) is 3.80. The second kappa shape index (κ2) is 20.5. The third kappa shape index (κ3) is 16.1. The van der Waals surface area contributed by atoms with Crippen LogP contribution in [-0.4, -0.2) is 30.7 Å². The Kier molecular flexibility index (Phi) is 22.5. The van der Waals surface area contributed by atoms with Crippen LogP contribution in [0.3, 0.4) is 0 Å². The molecular formula is C23H48BrN. The number of hydrogen-bond donors (Lipinski definition) is 0. The van der Waals surface area contributed by atoms with Gasteiger partial charge in [0.2, 0.25) is 0 Å². The van der Waals surface area contributed by atoms with Crippen molar-refractivity contribution in [2.45, 2.75) is 111 Å². The third-order valence-corrected chi connectivity index (χ3v) is 5.47. The van der Waals surface area contributed by atoms with Gasteiger partial charge in [0.1, 0.15) is 0 Å². The largest absolute Gasteiger partial charge is 1.00 e. The molecule has 0 aliphatic rings. The third-order valence-electron chi connectivity index (χ3n) is 5.47. The summed E-state index contributed by atoms with van der Waals surface area (Å²) >= 11 is 0. The predicted molar refractivity (Wildman–Crippen MR) is 112 cm³/mol. The van der Waals surface area contributed by atoms with E-state index in [0.717, 1.165) is 0 Å². The van der Waals surface area contributed by atoms with Crippen molar-refractivity contribution in [1.29, 1.82) is 0 Å². The SMILES string of the molecule is C=CC[N+](CCCC)(CCCC)CCCCCCCCCCCC.[Br-]. The summed E-state index contributed by atoms with van der Waals surface area (Å²) < 4.78 is 1.31. The molecule has 0 spiro atoms. The van der Waals surface area contributed by atoms with Gasteiger partial charge in [-0.05, 0) is 31.8 Å². The van der Waals surface area contributed by atoms with Gasteiger partial charge in [-0.3, -0.25) is 0 Å². The zero-order valence-electron chi connectivity index (χ0n) is 17.8. The van der Waals surface area contributed by atoms with E-state index < -0.39 is 0 Å².